The van der Waals surface area contributed by atoms with Crippen molar-refractivity contribution in [2.45, 2.75) is 29.8 Å². The van der Waals surface area contributed by atoms with Crippen LogP contribution < -0.4 is 14.2 Å². The third kappa shape index (κ3) is 4.23. The van der Waals surface area contributed by atoms with E-state index in [0.29, 0.717) is 46.4 Å². The largest absolute Gasteiger partial charge is 0.493 e. The molecule has 0 N–H and O–H groups in total. The van der Waals surface area contributed by atoms with Crippen LogP contribution in [0.1, 0.15) is 24.8 Å². The predicted molar refractivity (Wildman–Crippen MR) is 120 cm³/mol. The molecule has 0 aliphatic heterocycles. The predicted octanol–water partition coefficient (Wildman–Crippen LogP) is 4.04. The Morgan fingerprint density at radius 1 is 1.00 bits per heavy atom. The van der Waals surface area contributed by atoms with Crippen LogP contribution >= 0.6 is 11.8 Å². The summed E-state index contributed by atoms with van der Waals surface area (Å²) in [5, 5.41) is 18.0. The number of hydrogen-bond acceptors (Lipinski definition) is 10. The first-order valence-corrected chi connectivity index (χ1v) is 11.3. The van der Waals surface area contributed by atoms with Crippen molar-refractivity contribution in [3.8, 4) is 40.1 Å². The van der Waals surface area contributed by atoms with Crippen molar-refractivity contribution < 1.29 is 18.6 Å². The van der Waals surface area contributed by atoms with E-state index in [9.17, 15) is 0 Å². The van der Waals surface area contributed by atoms with Crippen molar-refractivity contribution in [3.63, 3.8) is 0 Å². The molecule has 0 spiro atoms. The van der Waals surface area contributed by atoms with Crippen LogP contribution in [-0.2, 0) is 5.75 Å². The van der Waals surface area contributed by atoms with Gasteiger partial charge in [-0.2, -0.15) is 0 Å². The third-order valence-corrected chi connectivity index (χ3v) is 6.13. The average molecular weight is 467 g/mol. The second-order valence-corrected chi connectivity index (χ2v) is 8.30. The van der Waals surface area contributed by atoms with Crippen molar-refractivity contribution >= 4 is 11.8 Å². The van der Waals surface area contributed by atoms with Crippen molar-refractivity contribution in [2.75, 3.05) is 21.3 Å². The van der Waals surface area contributed by atoms with E-state index in [4.69, 9.17) is 18.6 Å². The number of ether oxygens (including phenoxy) is 3. The van der Waals surface area contributed by atoms with E-state index in [-0.39, 0.29) is 0 Å². The fourth-order valence-corrected chi connectivity index (χ4v) is 4.33. The standard InChI is InChI=1S/C22H22N6O4S/c1-29-16-9-14(10-17(30-2)19(16)31-3)21-26-24-18(32-21)12-33-22-27-25-20(28(22)15-6-7-15)13-5-4-8-23-11-13/h4-5,8-11,15H,6-7,12H2,1-3H3. The van der Waals surface area contributed by atoms with Gasteiger partial charge in [0.15, 0.2) is 22.5 Å². The minimum Gasteiger partial charge on any atom is -0.493 e. The van der Waals surface area contributed by atoms with Gasteiger partial charge in [-0.15, -0.1) is 20.4 Å². The van der Waals surface area contributed by atoms with Crippen LogP contribution in [0.3, 0.4) is 0 Å². The van der Waals surface area contributed by atoms with E-state index in [1.807, 2.05) is 12.1 Å². The van der Waals surface area contributed by atoms with Crippen LogP contribution in [0.2, 0.25) is 0 Å². The third-order valence-electron chi connectivity index (χ3n) is 5.20. The molecule has 3 heterocycles. The number of methoxy groups -OCH3 is 3. The van der Waals surface area contributed by atoms with Gasteiger partial charge in [0.05, 0.1) is 27.1 Å². The topological polar surface area (TPSA) is 110 Å². The molecule has 1 aliphatic rings. The summed E-state index contributed by atoms with van der Waals surface area (Å²) >= 11 is 1.52. The first-order valence-electron chi connectivity index (χ1n) is 10.3. The SMILES string of the molecule is COc1cc(-c2nnc(CSc3nnc(-c4cccnc4)n3C3CC3)o2)cc(OC)c1OC. The van der Waals surface area contributed by atoms with Gasteiger partial charge in [0.2, 0.25) is 17.5 Å². The molecule has 5 rings (SSSR count). The molecule has 1 aliphatic carbocycles. The lowest BCUT2D eigenvalue weighted by molar-refractivity contribution is 0.324. The maximum Gasteiger partial charge on any atom is 0.248 e. The number of rotatable bonds is 9. The maximum atomic E-state index is 5.91. The molecule has 1 aromatic carbocycles. The van der Waals surface area contributed by atoms with E-state index in [1.54, 1.807) is 45.9 Å². The highest BCUT2D eigenvalue weighted by Crippen LogP contribution is 2.42. The molecule has 1 fully saturated rings. The van der Waals surface area contributed by atoms with Gasteiger partial charge in [0.25, 0.3) is 0 Å². The quantitative estimate of drug-likeness (QED) is 0.335. The highest BCUT2D eigenvalue weighted by atomic mass is 32.2. The molecule has 33 heavy (non-hydrogen) atoms. The zero-order valence-electron chi connectivity index (χ0n) is 18.4. The molecule has 0 radical (unpaired) electrons. The fraction of sp³-hybridized carbons (Fsp3) is 0.318. The molecule has 10 nitrogen and oxygen atoms in total. The second-order valence-electron chi connectivity index (χ2n) is 7.35. The van der Waals surface area contributed by atoms with Crippen LogP contribution in [0.4, 0.5) is 0 Å². The minimum atomic E-state index is 0.365. The second kappa shape index (κ2) is 9.10. The van der Waals surface area contributed by atoms with Crippen LogP contribution in [-0.4, -0.2) is 51.3 Å². The molecule has 4 aromatic rings. The zero-order valence-corrected chi connectivity index (χ0v) is 19.2. The van der Waals surface area contributed by atoms with Gasteiger partial charge >= 0.3 is 0 Å². The molecule has 11 heteroatoms. The van der Waals surface area contributed by atoms with Gasteiger partial charge in [0.1, 0.15) is 0 Å². The van der Waals surface area contributed by atoms with Gasteiger partial charge in [0, 0.05) is 29.6 Å². The van der Waals surface area contributed by atoms with Crippen LogP contribution in [0, 0.1) is 0 Å². The van der Waals surface area contributed by atoms with Crippen molar-refractivity contribution in [2.24, 2.45) is 0 Å². The fourth-order valence-electron chi connectivity index (χ4n) is 3.49. The highest BCUT2D eigenvalue weighted by molar-refractivity contribution is 7.98. The lowest BCUT2D eigenvalue weighted by Gasteiger charge is -2.12. The molecular formula is C22H22N6O4S. The molecule has 170 valence electrons. The Morgan fingerprint density at radius 3 is 2.42 bits per heavy atom. The number of aromatic nitrogens is 6. The van der Waals surface area contributed by atoms with E-state index in [1.165, 1.54) is 11.8 Å². The minimum absolute atomic E-state index is 0.365. The molecule has 0 unspecified atom stereocenters. The normalized spacial score (nSPS) is 13.2. The Morgan fingerprint density at radius 2 is 1.79 bits per heavy atom. The van der Waals surface area contributed by atoms with Crippen LogP contribution in [0.25, 0.3) is 22.8 Å². The van der Waals surface area contributed by atoms with Gasteiger partial charge < -0.3 is 18.6 Å². The Bertz CT molecular complexity index is 1230. The van der Waals surface area contributed by atoms with Crippen LogP contribution in [0.15, 0.2) is 46.2 Å². The van der Waals surface area contributed by atoms with E-state index >= 15 is 0 Å². The summed E-state index contributed by atoms with van der Waals surface area (Å²) in [6.07, 6.45) is 5.78. The summed E-state index contributed by atoms with van der Waals surface area (Å²) < 4.78 is 24.3. The monoisotopic (exact) mass is 466 g/mol. The maximum absolute atomic E-state index is 5.91. The highest BCUT2D eigenvalue weighted by Gasteiger charge is 2.30. The van der Waals surface area contributed by atoms with Gasteiger partial charge in [-0.25, -0.2) is 0 Å². The van der Waals surface area contributed by atoms with Crippen LogP contribution in [0.5, 0.6) is 17.2 Å². The number of benzene rings is 1. The average Bonchev–Trinajstić information content (AvgIpc) is 3.43. The zero-order chi connectivity index (χ0) is 22.8. The molecule has 0 bridgehead atoms. The summed E-state index contributed by atoms with van der Waals surface area (Å²) in [5.74, 6) is 3.68. The number of pyridine rings is 1. The lowest BCUT2D eigenvalue weighted by atomic mass is 10.2. The lowest BCUT2D eigenvalue weighted by Crippen LogP contribution is -2.00. The summed E-state index contributed by atoms with van der Waals surface area (Å²) in [7, 11) is 4.68. The molecule has 0 amide bonds. The first kappa shape index (κ1) is 21.3. The summed E-state index contributed by atoms with van der Waals surface area (Å²) in [6, 6.07) is 7.85. The number of hydrogen-bond donors (Lipinski definition) is 0. The Kier molecular flexibility index (Phi) is 5.86. The first-order chi connectivity index (χ1) is 16.2. The Labute approximate surface area is 194 Å². The number of nitrogens with zero attached hydrogens (tertiary/aromatic N) is 6. The van der Waals surface area contributed by atoms with Crippen molar-refractivity contribution in [1.29, 1.82) is 0 Å². The molecule has 0 atom stereocenters. The molecular weight excluding hydrogens is 444 g/mol. The van der Waals surface area contributed by atoms with E-state index < -0.39 is 0 Å². The van der Waals surface area contributed by atoms with E-state index in [0.717, 1.165) is 29.4 Å². The summed E-state index contributed by atoms with van der Waals surface area (Å²) in [5.41, 5.74) is 1.62. The Balaban J connectivity index is 1.36. The molecule has 0 saturated heterocycles. The van der Waals surface area contributed by atoms with Gasteiger partial charge in [-0.3, -0.25) is 9.55 Å². The van der Waals surface area contributed by atoms with E-state index in [2.05, 4.69) is 29.9 Å². The van der Waals surface area contributed by atoms with Crippen molar-refractivity contribution in [1.82, 2.24) is 29.9 Å². The summed E-state index contributed by atoms with van der Waals surface area (Å²) in [4.78, 5) is 4.20. The van der Waals surface area contributed by atoms with Gasteiger partial charge in [-0.05, 0) is 37.1 Å². The smallest absolute Gasteiger partial charge is 0.248 e. The number of thioether (sulfide) groups is 1. The van der Waals surface area contributed by atoms with Crippen molar-refractivity contribution in [3.05, 3.63) is 42.5 Å². The molecule has 3 aromatic heterocycles. The van der Waals surface area contributed by atoms with Gasteiger partial charge in [-0.1, -0.05) is 11.8 Å². The summed E-state index contributed by atoms with van der Waals surface area (Å²) in [6.45, 7) is 0. The Hall–Kier alpha value is -3.60. The molecule has 1 saturated carbocycles.